The van der Waals surface area contributed by atoms with Gasteiger partial charge in [0.15, 0.2) is 0 Å². The van der Waals surface area contributed by atoms with E-state index < -0.39 is 4.92 Å². The molecule has 1 N–H and O–H groups in total. The average molecular weight is 394 g/mol. The van der Waals surface area contributed by atoms with Crippen LogP contribution in [0.15, 0.2) is 34.9 Å². The number of rotatable bonds is 4. The van der Waals surface area contributed by atoms with Crippen LogP contribution < -0.4 is 5.32 Å². The summed E-state index contributed by atoms with van der Waals surface area (Å²) in [6.07, 6.45) is 4.35. The van der Waals surface area contributed by atoms with E-state index in [1.54, 1.807) is 25.1 Å². The molecule has 3 aromatic rings. The molecule has 0 saturated heterocycles. The van der Waals surface area contributed by atoms with Gasteiger partial charge in [0.05, 0.1) is 27.3 Å². The molecule has 1 amide bonds. The summed E-state index contributed by atoms with van der Waals surface area (Å²) in [6.45, 7) is 3.92. The van der Waals surface area contributed by atoms with Crippen molar-refractivity contribution in [2.24, 2.45) is 5.92 Å². The summed E-state index contributed by atoms with van der Waals surface area (Å²) >= 11 is 0. The topological polar surface area (TPSA) is 111 Å². The molecular weight excluding hydrogens is 372 g/mol. The summed E-state index contributed by atoms with van der Waals surface area (Å²) in [5, 5.41) is 18.8. The maximum absolute atomic E-state index is 13.2. The number of nitro groups is 1. The third kappa shape index (κ3) is 3.70. The molecule has 2 aromatic heterocycles. The zero-order valence-electron chi connectivity index (χ0n) is 16.3. The molecule has 1 fully saturated rings. The number of hydrogen-bond donors (Lipinski definition) is 1. The van der Waals surface area contributed by atoms with Gasteiger partial charge in [0, 0.05) is 23.7 Å². The number of fused-ring (bicyclic) bond motifs is 1. The number of pyridine rings is 1. The monoisotopic (exact) mass is 394 g/mol. The number of carbonyl (C=O) groups excluding carboxylic acids is 1. The smallest absolute Gasteiger partial charge is 0.270 e. The van der Waals surface area contributed by atoms with E-state index in [9.17, 15) is 14.9 Å². The minimum atomic E-state index is -0.460. The third-order valence-electron chi connectivity index (χ3n) is 5.64. The van der Waals surface area contributed by atoms with Crippen molar-refractivity contribution in [3.8, 4) is 11.3 Å². The first-order valence-corrected chi connectivity index (χ1v) is 9.76. The Morgan fingerprint density at radius 1 is 1.28 bits per heavy atom. The molecule has 0 spiro atoms. The Balaban J connectivity index is 1.76. The fourth-order valence-corrected chi connectivity index (χ4v) is 3.98. The van der Waals surface area contributed by atoms with E-state index in [4.69, 9.17) is 4.52 Å². The number of aryl methyl sites for hydroxylation is 1. The molecule has 8 nitrogen and oxygen atoms in total. The molecule has 0 bridgehead atoms. The normalized spacial score (nSPS) is 19.2. The van der Waals surface area contributed by atoms with E-state index in [2.05, 4.69) is 22.4 Å². The van der Waals surface area contributed by atoms with Crippen LogP contribution in [0.25, 0.3) is 22.4 Å². The highest BCUT2D eigenvalue weighted by Crippen LogP contribution is 2.30. The second-order valence-corrected chi connectivity index (χ2v) is 7.65. The van der Waals surface area contributed by atoms with Gasteiger partial charge in [-0.2, -0.15) is 0 Å². The molecule has 29 heavy (non-hydrogen) atoms. The number of benzene rings is 1. The maximum Gasteiger partial charge on any atom is 0.270 e. The van der Waals surface area contributed by atoms with Gasteiger partial charge in [0.25, 0.3) is 17.3 Å². The molecule has 1 aliphatic carbocycles. The summed E-state index contributed by atoms with van der Waals surface area (Å²) in [5.41, 5.74) is 2.18. The molecule has 2 unspecified atom stereocenters. The lowest BCUT2D eigenvalue weighted by molar-refractivity contribution is -0.384. The largest absolute Gasteiger partial charge is 0.349 e. The highest BCUT2D eigenvalue weighted by atomic mass is 16.6. The standard InChI is InChI=1S/C21H22N4O4/c1-12-6-3-4-9-17(12)22-20(26)16-11-18(23-21-19(16)13(2)24-29-21)14-7-5-8-15(10-14)25(27)28/h5,7-8,10-12,17H,3-4,6,9H2,1-2H3,(H,22,26). The molecule has 2 atom stereocenters. The number of nitrogens with zero attached hydrogens (tertiary/aromatic N) is 3. The molecular formula is C21H22N4O4. The zero-order valence-corrected chi connectivity index (χ0v) is 16.3. The van der Waals surface area contributed by atoms with Crippen molar-refractivity contribution in [3.05, 3.63) is 51.7 Å². The average Bonchev–Trinajstić information content (AvgIpc) is 3.10. The van der Waals surface area contributed by atoms with Crippen molar-refractivity contribution in [1.29, 1.82) is 0 Å². The molecule has 0 radical (unpaired) electrons. The Hall–Kier alpha value is -3.29. The Labute approximate surface area is 167 Å². The van der Waals surface area contributed by atoms with Gasteiger partial charge in [-0.15, -0.1) is 0 Å². The van der Waals surface area contributed by atoms with Gasteiger partial charge in [0.1, 0.15) is 0 Å². The van der Waals surface area contributed by atoms with Gasteiger partial charge in [-0.1, -0.05) is 37.1 Å². The van der Waals surface area contributed by atoms with Crippen molar-refractivity contribution >= 4 is 22.7 Å². The van der Waals surface area contributed by atoms with Crippen LogP contribution >= 0.6 is 0 Å². The summed E-state index contributed by atoms with van der Waals surface area (Å²) in [5.74, 6) is 0.221. The Morgan fingerprint density at radius 3 is 2.83 bits per heavy atom. The Morgan fingerprint density at radius 2 is 2.07 bits per heavy atom. The second kappa shape index (κ2) is 7.62. The van der Waals surface area contributed by atoms with Gasteiger partial charge in [-0.25, -0.2) is 4.98 Å². The number of nitrogens with one attached hydrogen (secondary N) is 1. The van der Waals surface area contributed by atoms with Crippen LogP contribution in [0.1, 0.15) is 48.7 Å². The van der Waals surface area contributed by atoms with Crippen molar-refractivity contribution in [3.63, 3.8) is 0 Å². The van der Waals surface area contributed by atoms with E-state index in [1.165, 1.54) is 18.6 Å². The molecule has 0 aliphatic heterocycles. The van der Waals surface area contributed by atoms with Crippen molar-refractivity contribution in [1.82, 2.24) is 15.5 Å². The fourth-order valence-electron chi connectivity index (χ4n) is 3.98. The predicted octanol–water partition coefficient (Wildman–Crippen LogP) is 4.41. The van der Waals surface area contributed by atoms with Crippen LogP contribution in [-0.2, 0) is 0 Å². The molecule has 1 aromatic carbocycles. The third-order valence-corrected chi connectivity index (χ3v) is 5.64. The van der Waals surface area contributed by atoms with Gasteiger partial charge in [-0.05, 0) is 31.7 Å². The van der Waals surface area contributed by atoms with Crippen molar-refractivity contribution in [2.45, 2.75) is 45.6 Å². The minimum Gasteiger partial charge on any atom is -0.349 e. The van der Waals surface area contributed by atoms with Gasteiger partial charge in [-0.3, -0.25) is 14.9 Å². The van der Waals surface area contributed by atoms with Crippen LogP contribution in [0.3, 0.4) is 0 Å². The maximum atomic E-state index is 13.2. The van der Waals surface area contributed by atoms with E-state index in [1.807, 2.05) is 0 Å². The van der Waals surface area contributed by atoms with Crippen LogP contribution in [0.4, 0.5) is 5.69 Å². The zero-order chi connectivity index (χ0) is 20.5. The van der Waals surface area contributed by atoms with E-state index in [0.29, 0.717) is 33.8 Å². The first-order valence-electron chi connectivity index (χ1n) is 9.76. The first kappa shape index (κ1) is 19.0. The molecule has 1 saturated carbocycles. The molecule has 2 heterocycles. The summed E-state index contributed by atoms with van der Waals surface area (Å²) in [4.78, 5) is 28.3. The summed E-state index contributed by atoms with van der Waals surface area (Å²) in [7, 11) is 0. The molecule has 8 heteroatoms. The fraction of sp³-hybridized carbons (Fsp3) is 0.381. The van der Waals surface area contributed by atoms with Crippen molar-refractivity contribution < 1.29 is 14.2 Å². The quantitative estimate of drug-likeness (QED) is 0.518. The van der Waals surface area contributed by atoms with E-state index >= 15 is 0 Å². The Bertz CT molecular complexity index is 1090. The van der Waals surface area contributed by atoms with Gasteiger partial charge >= 0.3 is 0 Å². The lowest BCUT2D eigenvalue weighted by Crippen LogP contribution is -2.41. The van der Waals surface area contributed by atoms with E-state index in [0.717, 1.165) is 19.3 Å². The highest BCUT2D eigenvalue weighted by molar-refractivity contribution is 6.07. The molecule has 150 valence electrons. The molecule has 4 rings (SSSR count). The number of aromatic nitrogens is 2. The Kier molecular flexibility index (Phi) is 5.00. The van der Waals surface area contributed by atoms with Crippen LogP contribution in [0, 0.1) is 23.0 Å². The van der Waals surface area contributed by atoms with Crippen LogP contribution in [0.2, 0.25) is 0 Å². The van der Waals surface area contributed by atoms with Crippen LogP contribution in [-0.4, -0.2) is 27.0 Å². The number of non-ortho nitro benzene ring substituents is 1. The van der Waals surface area contributed by atoms with Crippen LogP contribution in [0.5, 0.6) is 0 Å². The minimum absolute atomic E-state index is 0.0415. The lowest BCUT2D eigenvalue weighted by atomic mass is 9.86. The highest BCUT2D eigenvalue weighted by Gasteiger charge is 2.26. The number of nitro benzene ring substituents is 1. The summed E-state index contributed by atoms with van der Waals surface area (Å²) in [6, 6.07) is 7.94. The number of amides is 1. The van der Waals surface area contributed by atoms with Gasteiger partial charge in [0.2, 0.25) is 0 Å². The van der Waals surface area contributed by atoms with E-state index in [-0.39, 0.29) is 23.3 Å². The lowest BCUT2D eigenvalue weighted by Gasteiger charge is -2.29. The van der Waals surface area contributed by atoms with Gasteiger partial charge < -0.3 is 9.84 Å². The number of hydrogen-bond acceptors (Lipinski definition) is 6. The first-order chi connectivity index (χ1) is 13.9. The predicted molar refractivity (Wildman–Crippen MR) is 108 cm³/mol. The molecule has 1 aliphatic rings. The summed E-state index contributed by atoms with van der Waals surface area (Å²) < 4.78 is 5.32. The van der Waals surface area contributed by atoms with Crippen molar-refractivity contribution in [2.75, 3.05) is 0 Å². The number of carbonyl (C=O) groups is 1. The SMILES string of the molecule is Cc1noc2nc(-c3cccc([N+](=O)[O-])c3)cc(C(=O)NC3CCCCC3C)c12. The second-order valence-electron chi connectivity index (χ2n) is 7.65.